The molecule has 0 unspecified atom stereocenters. The molecule has 2 aliphatic rings. The molecule has 190 valence electrons. The first-order valence-corrected chi connectivity index (χ1v) is 12.3. The topological polar surface area (TPSA) is 100 Å². The first-order valence-electron chi connectivity index (χ1n) is 12.3. The number of aryl methyl sites for hydroxylation is 1. The molecule has 36 heavy (non-hydrogen) atoms. The fourth-order valence-corrected chi connectivity index (χ4v) is 4.67. The van der Waals surface area contributed by atoms with Crippen molar-refractivity contribution in [2.45, 2.75) is 51.7 Å². The van der Waals surface area contributed by atoms with Crippen LogP contribution in [-0.4, -0.2) is 63.6 Å². The van der Waals surface area contributed by atoms with Gasteiger partial charge in [-0.25, -0.2) is 18.7 Å². The summed E-state index contributed by atoms with van der Waals surface area (Å²) in [6.07, 6.45) is 2.84. The third kappa shape index (κ3) is 4.76. The Kier molecular flexibility index (Phi) is 6.59. The molecule has 1 saturated heterocycles. The van der Waals surface area contributed by atoms with E-state index in [1.165, 1.54) is 23.4 Å². The van der Waals surface area contributed by atoms with E-state index in [4.69, 9.17) is 4.74 Å². The van der Waals surface area contributed by atoms with Crippen molar-refractivity contribution >= 4 is 22.8 Å². The Balaban J connectivity index is 1.42. The van der Waals surface area contributed by atoms with E-state index in [9.17, 15) is 18.4 Å². The number of benzene rings is 1. The Hall–Kier alpha value is -3.56. The number of rotatable bonds is 7. The molecule has 1 aliphatic carbocycles. The summed E-state index contributed by atoms with van der Waals surface area (Å²) in [5.74, 6) is 0.0317. The standard InChI is InChI=1S/C26H29F2N5O3/c1-3-21(34)33-9-8-19(18(28)11-33)32-26(35)22-14(2)31-25-23(29-13-30-24(22)25)17-10-16(27)6-7-20(17)36-12-15-4-5-15/h6-7,10,13,15,18-19,31H,3-5,8-9,11-12H2,1-2H3,(H,32,35)/t18-,19+/m1/s1. The summed E-state index contributed by atoms with van der Waals surface area (Å²) < 4.78 is 35.0. The molecule has 10 heteroatoms. The lowest BCUT2D eigenvalue weighted by Gasteiger charge is -2.35. The minimum Gasteiger partial charge on any atom is -0.493 e. The van der Waals surface area contributed by atoms with Gasteiger partial charge in [-0.2, -0.15) is 0 Å². The van der Waals surface area contributed by atoms with Crippen LogP contribution in [-0.2, 0) is 4.79 Å². The molecular weight excluding hydrogens is 468 g/mol. The number of H-pyrrole nitrogens is 1. The quantitative estimate of drug-likeness (QED) is 0.515. The number of hydrogen-bond acceptors (Lipinski definition) is 5. The van der Waals surface area contributed by atoms with Crippen LogP contribution in [0.5, 0.6) is 5.75 Å². The van der Waals surface area contributed by atoms with Crippen LogP contribution in [0.3, 0.4) is 0 Å². The number of halogens is 2. The highest BCUT2D eigenvalue weighted by Crippen LogP contribution is 2.36. The number of carbonyl (C=O) groups is 2. The van der Waals surface area contributed by atoms with Gasteiger partial charge in [0, 0.05) is 24.2 Å². The summed E-state index contributed by atoms with van der Waals surface area (Å²) in [7, 11) is 0. The number of fused-ring (bicyclic) bond motifs is 1. The molecule has 2 atom stereocenters. The molecule has 3 aromatic rings. The van der Waals surface area contributed by atoms with E-state index in [0.29, 0.717) is 65.6 Å². The Morgan fingerprint density at radius 1 is 1.25 bits per heavy atom. The lowest BCUT2D eigenvalue weighted by molar-refractivity contribution is -0.133. The van der Waals surface area contributed by atoms with Gasteiger partial charge in [0.05, 0.1) is 30.3 Å². The number of nitrogens with zero attached hydrogens (tertiary/aromatic N) is 3. The van der Waals surface area contributed by atoms with Gasteiger partial charge < -0.3 is 19.9 Å². The number of piperidine rings is 1. The molecule has 1 saturated carbocycles. The van der Waals surface area contributed by atoms with Gasteiger partial charge >= 0.3 is 0 Å². The summed E-state index contributed by atoms with van der Waals surface area (Å²) in [5.41, 5.74) is 2.54. The molecule has 3 heterocycles. The molecule has 0 radical (unpaired) electrons. The van der Waals surface area contributed by atoms with E-state index < -0.39 is 23.9 Å². The second-order valence-corrected chi connectivity index (χ2v) is 9.54. The minimum absolute atomic E-state index is 0.0417. The van der Waals surface area contributed by atoms with Crippen molar-refractivity contribution in [3.63, 3.8) is 0 Å². The number of alkyl halides is 1. The van der Waals surface area contributed by atoms with E-state index >= 15 is 0 Å². The van der Waals surface area contributed by atoms with E-state index in [1.807, 2.05) is 0 Å². The van der Waals surface area contributed by atoms with Gasteiger partial charge in [-0.1, -0.05) is 6.92 Å². The predicted molar refractivity (Wildman–Crippen MR) is 130 cm³/mol. The maximum absolute atomic E-state index is 14.8. The van der Waals surface area contributed by atoms with Gasteiger partial charge in [0.15, 0.2) is 0 Å². The van der Waals surface area contributed by atoms with Crippen molar-refractivity contribution in [1.82, 2.24) is 25.2 Å². The van der Waals surface area contributed by atoms with Crippen molar-refractivity contribution in [1.29, 1.82) is 0 Å². The van der Waals surface area contributed by atoms with Crippen LogP contribution >= 0.6 is 0 Å². The predicted octanol–water partition coefficient (Wildman–Crippen LogP) is 3.94. The fourth-order valence-electron chi connectivity index (χ4n) is 4.67. The van der Waals surface area contributed by atoms with Gasteiger partial charge in [-0.15, -0.1) is 0 Å². The fraction of sp³-hybridized carbons (Fsp3) is 0.462. The molecule has 0 spiro atoms. The normalized spacial score (nSPS) is 19.9. The number of likely N-dealkylation sites (tertiary alicyclic amines) is 1. The second kappa shape index (κ2) is 9.83. The average Bonchev–Trinajstić information content (AvgIpc) is 3.63. The van der Waals surface area contributed by atoms with Gasteiger partial charge in [0.1, 0.15) is 35.3 Å². The van der Waals surface area contributed by atoms with Gasteiger partial charge in [0.2, 0.25) is 5.91 Å². The number of aromatic amines is 1. The summed E-state index contributed by atoms with van der Waals surface area (Å²) in [6, 6.07) is 3.57. The Morgan fingerprint density at radius 3 is 2.78 bits per heavy atom. The number of hydrogen-bond donors (Lipinski definition) is 2. The second-order valence-electron chi connectivity index (χ2n) is 9.54. The van der Waals surface area contributed by atoms with E-state index in [0.717, 1.165) is 12.8 Å². The third-order valence-electron chi connectivity index (χ3n) is 6.88. The third-order valence-corrected chi connectivity index (χ3v) is 6.88. The first-order chi connectivity index (χ1) is 17.4. The Labute approximate surface area is 207 Å². The van der Waals surface area contributed by atoms with Crippen LogP contribution in [0.15, 0.2) is 24.5 Å². The number of amides is 2. The first kappa shape index (κ1) is 24.1. The highest BCUT2D eigenvalue weighted by molar-refractivity contribution is 6.09. The summed E-state index contributed by atoms with van der Waals surface area (Å²) in [6.45, 7) is 4.37. The number of ether oxygens (including phenoxy) is 1. The number of carbonyl (C=O) groups excluding carboxylic acids is 2. The highest BCUT2D eigenvalue weighted by Gasteiger charge is 2.33. The SMILES string of the molecule is CCC(=O)N1CC[C@H](NC(=O)c2c(C)[nH]c3c(-c4cc(F)ccc4OCC4CC4)ncnc23)[C@H](F)C1. The van der Waals surface area contributed by atoms with Crippen LogP contribution in [0.2, 0.25) is 0 Å². The monoisotopic (exact) mass is 497 g/mol. The zero-order valence-corrected chi connectivity index (χ0v) is 20.3. The minimum atomic E-state index is -1.37. The molecule has 2 fully saturated rings. The van der Waals surface area contributed by atoms with E-state index in [1.54, 1.807) is 19.9 Å². The molecule has 8 nitrogen and oxygen atoms in total. The average molecular weight is 498 g/mol. The van der Waals surface area contributed by atoms with Gasteiger partial charge in [0.25, 0.3) is 5.91 Å². The largest absolute Gasteiger partial charge is 0.493 e. The highest BCUT2D eigenvalue weighted by atomic mass is 19.1. The van der Waals surface area contributed by atoms with Crippen LogP contribution in [0.4, 0.5) is 8.78 Å². The molecule has 2 N–H and O–H groups in total. The van der Waals surface area contributed by atoms with Crippen molar-refractivity contribution in [3.05, 3.63) is 41.6 Å². The van der Waals surface area contributed by atoms with Crippen LogP contribution in [0.1, 0.15) is 48.7 Å². The van der Waals surface area contributed by atoms with Crippen LogP contribution in [0.25, 0.3) is 22.3 Å². The van der Waals surface area contributed by atoms with E-state index in [-0.39, 0.29) is 18.0 Å². The van der Waals surface area contributed by atoms with Crippen molar-refractivity contribution < 1.29 is 23.1 Å². The Bertz CT molecular complexity index is 1310. The maximum Gasteiger partial charge on any atom is 0.255 e. The summed E-state index contributed by atoms with van der Waals surface area (Å²) in [4.78, 5) is 38.5. The zero-order valence-electron chi connectivity index (χ0n) is 20.3. The molecule has 2 aromatic heterocycles. The number of nitrogens with one attached hydrogen (secondary N) is 2. The molecule has 1 aliphatic heterocycles. The smallest absolute Gasteiger partial charge is 0.255 e. The Morgan fingerprint density at radius 2 is 2.06 bits per heavy atom. The van der Waals surface area contributed by atoms with Gasteiger partial charge in [-0.3, -0.25) is 9.59 Å². The number of aromatic nitrogens is 3. The lowest BCUT2D eigenvalue weighted by Crippen LogP contribution is -2.53. The molecule has 1 aromatic carbocycles. The summed E-state index contributed by atoms with van der Waals surface area (Å²) in [5, 5.41) is 2.78. The molecule has 2 amide bonds. The van der Waals surface area contributed by atoms with E-state index in [2.05, 4.69) is 20.3 Å². The van der Waals surface area contributed by atoms with Crippen molar-refractivity contribution in [2.75, 3.05) is 19.7 Å². The van der Waals surface area contributed by atoms with Crippen LogP contribution in [0, 0.1) is 18.7 Å². The molecule has 5 rings (SSSR count). The lowest BCUT2D eigenvalue weighted by atomic mass is 10.0. The maximum atomic E-state index is 14.8. The van der Waals surface area contributed by atoms with Crippen LogP contribution < -0.4 is 10.1 Å². The van der Waals surface area contributed by atoms with Gasteiger partial charge in [-0.05, 0) is 50.3 Å². The summed E-state index contributed by atoms with van der Waals surface area (Å²) >= 11 is 0. The molecule has 0 bridgehead atoms. The van der Waals surface area contributed by atoms with Crippen molar-refractivity contribution in [2.24, 2.45) is 5.92 Å². The molecular formula is C26H29F2N5O3. The van der Waals surface area contributed by atoms with Crippen molar-refractivity contribution in [3.8, 4) is 17.0 Å². The zero-order chi connectivity index (χ0) is 25.4.